The van der Waals surface area contributed by atoms with Gasteiger partial charge in [0.05, 0.1) is 6.10 Å². The van der Waals surface area contributed by atoms with Crippen LogP contribution in [0.15, 0.2) is 22.7 Å². The monoisotopic (exact) mass is 372 g/mol. The molecule has 1 unspecified atom stereocenters. The molecule has 1 heterocycles. The second-order valence-corrected chi connectivity index (χ2v) is 6.95. The van der Waals surface area contributed by atoms with E-state index in [1.807, 2.05) is 0 Å². The number of nitrogens with two attached hydrogens (primary N) is 1. The van der Waals surface area contributed by atoms with Crippen LogP contribution < -0.4 is 11.1 Å². The van der Waals surface area contributed by atoms with Gasteiger partial charge in [-0.15, -0.1) is 0 Å². The van der Waals surface area contributed by atoms with Crippen LogP contribution in [0.2, 0.25) is 0 Å². The minimum Gasteiger partial charge on any atom is -0.378 e. The van der Waals surface area contributed by atoms with E-state index in [2.05, 4.69) is 35.1 Å². The second kappa shape index (κ2) is 7.53. The van der Waals surface area contributed by atoms with Crippen molar-refractivity contribution in [2.45, 2.75) is 32.4 Å². The lowest BCUT2D eigenvalue weighted by Gasteiger charge is -2.24. The molecule has 6 heteroatoms. The number of amides is 1. The van der Waals surface area contributed by atoms with Gasteiger partial charge in [0.25, 0.3) is 0 Å². The van der Waals surface area contributed by atoms with E-state index in [0.29, 0.717) is 22.9 Å². The van der Waals surface area contributed by atoms with Crippen molar-refractivity contribution in [3.8, 4) is 0 Å². The normalized spacial score (nSPS) is 23.0. The van der Waals surface area contributed by atoms with Crippen LogP contribution in [0.1, 0.15) is 31.9 Å². The van der Waals surface area contributed by atoms with E-state index < -0.39 is 17.8 Å². The van der Waals surface area contributed by atoms with Crippen LogP contribution in [-0.2, 0) is 9.53 Å². The molecule has 0 spiro atoms. The van der Waals surface area contributed by atoms with Crippen molar-refractivity contribution < 1.29 is 13.9 Å². The average Bonchev–Trinajstić information content (AvgIpc) is 2.89. The molecule has 1 aromatic rings. The molecule has 1 amide bonds. The van der Waals surface area contributed by atoms with Gasteiger partial charge in [0.15, 0.2) is 0 Å². The molecule has 0 aromatic heterocycles. The van der Waals surface area contributed by atoms with E-state index in [4.69, 9.17) is 10.5 Å². The standard InChI is InChI=1S/C16H22BrFN2O2/c1-9(2)15-10(5-6-22-15)8-20-14(16(19)21)12-4-3-11(17)7-13(12)18/h3-4,7,9-10,14-15,20H,5-6,8H2,1-2H3,(H2,19,21)/t10-,14?,15-/m1/s1. The highest BCUT2D eigenvalue weighted by atomic mass is 79.9. The number of hydrogen-bond donors (Lipinski definition) is 2. The van der Waals surface area contributed by atoms with E-state index in [1.54, 1.807) is 12.1 Å². The highest BCUT2D eigenvalue weighted by molar-refractivity contribution is 9.10. The zero-order valence-corrected chi connectivity index (χ0v) is 14.4. The van der Waals surface area contributed by atoms with Crippen LogP contribution >= 0.6 is 15.9 Å². The smallest absolute Gasteiger partial charge is 0.239 e. The molecule has 0 radical (unpaired) electrons. The van der Waals surface area contributed by atoms with E-state index in [0.717, 1.165) is 13.0 Å². The Hall–Kier alpha value is -0.980. The number of carbonyl (C=O) groups excluding carboxylic acids is 1. The fourth-order valence-corrected chi connectivity index (χ4v) is 3.31. The van der Waals surface area contributed by atoms with Gasteiger partial charge < -0.3 is 15.8 Å². The molecule has 0 saturated carbocycles. The third kappa shape index (κ3) is 4.06. The summed E-state index contributed by atoms with van der Waals surface area (Å²) in [5, 5.41) is 3.11. The molecule has 1 aromatic carbocycles. The Labute approximate surface area is 138 Å². The Morgan fingerprint density at radius 2 is 2.27 bits per heavy atom. The molecule has 1 aliphatic heterocycles. The molecule has 0 bridgehead atoms. The summed E-state index contributed by atoms with van der Waals surface area (Å²) in [6.45, 7) is 5.53. The maximum atomic E-state index is 14.1. The third-order valence-corrected chi connectivity index (χ3v) is 4.56. The van der Waals surface area contributed by atoms with Crippen LogP contribution in [0.5, 0.6) is 0 Å². The lowest BCUT2D eigenvalue weighted by atomic mass is 9.92. The zero-order chi connectivity index (χ0) is 16.3. The van der Waals surface area contributed by atoms with Crippen molar-refractivity contribution in [1.82, 2.24) is 5.32 Å². The van der Waals surface area contributed by atoms with Crippen LogP contribution in [-0.4, -0.2) is 25.2 Å². The topological polar surface area (TPSA) is 64.3 Å². The van der Waals surface area contributed by atoms with Gasteiger partial charge in [-0.3, -0.25) is 4.79 Å². The average molecular weight is 373 g/mol. The van der Waals surface area contributed by atoms with Crippen molar-refractivity contribution >= 4 is 21.8 Å². The molecular formula is C16H22BrFN2O2. The van der Waals surface area contributed by atoms with E-state index >= 15 is 0 Å². The van der Waals surface area contributed by atoms with Crippen LogP contribution in [0, 0.1) is 17.7 Å². The summed E-state index contributed by atoms with van der Waals surface area (Å²) < 4.78 is 20.4. The van der Waals surface area contributed by atoms with Crippen molar-refractivity contribution in [3.63, 3.8) is 0 Å². The van der Waals surface area contributed by atoms with E-state index in [1.165, 1.54) is 6.07 Å². The SMILES string of the molecule is CC(C)[C@H]1OCC[C@@H]1CNC(C(N)=O)c1ccc(Br)cc1F. The molecule has 0 aliphatic carbocycles. The minimum atomic E-state index is -0.832. The van der Waals surface area contributed by atoms with Gasteiger partial charge in [-0.2, -0.15) is 0 Å². The third-order valence-electron chi connectivity index (χ3n) is 4.06. The maximum Gasteiger partial charge on any atom is 0.239 e. The van der Waals surface area contributed by atoms with Crippen LogP contribution in [0.4, 0.5) is 4.39 Å². The van der Waals surface area contributed by atoms with Crippen LogP contribution in [0.25, 0.3) is 0 Å². The fraction of sp³-hybridized carbons (Fsp3) is 0.562. The van der Waals surface area contributed by atoms with Gasteiger partial charge >= 0.3 is 0 Å². The predicted octanol–water partition coefficient (Wildman–Crippen LogP) is 2.77. The summed E-state index contributed by atoms with van der Waals surface area (Å²) in [7, 11) is 0. The Morgan fingerprint density at radius 3 is 2.86 bits per heavy atom. The van der Waals surface area contributed by atoms with Crippen LogP contribution in [0.3, 0.4) is 0 Å². The molecule has 122 valence electrons. The molecule has 1 saturated heterocycles. The van der Waals surface area contributed by atoms with Gasteiger partial charge in [0, 0.05) is 29.1 Å². The number of rotatable bonds is 6. The van der Waals surface area contributed by atoms with Crippen molar-refractivity contribution in [2.75, 3.05) is 13.2 Å². The van der Waals surface area contributed by atoms with Gasteiger partial charge in [0.1, 0.15) is 11.9 Å². The first-order valence-electron chi connectivity index (χ1n) is 7.49. The number of halogens is 2. The summed E-state index contributed by atoms with van der Waals surface area (Å²) in [5.74, 6) is -0.318. The van der Waals surface area contributed by atoms with Gasteiger partial charge in [-0.05, 0) is 24.5 Å². The summed E-state index contributed by atoms with van der Waals surface area (Å²) in [4.78, 5) is 11.7. The molecule has 4 nitrogen and oxygen atoms in total. The first-order valence-corrected chi connectivity index (χ1v) is 8.28. The van der Waals surface area contributed by atoms with Crippen molar-refractivity contribution in [1.29, 1.82) is 0 Å². The number of hydrogen-bond acceptors (Lipinski definition) is 3. The lowest BCUT2D eigenvalue weighted by Crippen LogP contribution is -2.39. The summed E-state index contributed by atoms with van der Waals surface area (Å²) in [6, 6.07) is 3.78. The first-order chi connectivity index (χ1) is 10.4. The summed E-state index contributed by atoms with van der Waals surface area (Å²) in [6.07, 6.45) is 1.10. The van der Waals surface area contributed by atoms with Crippen molar-refractivity contribution in [2.24, 2.45) is 17.6 Å². The first kappa shape index (κ1) is 17.4. The zero-order valence-electron chi connectivity index (χ0n) is 12.8. The number of benzene rings is 1. The Kier molecular flexibility index (Phi) is 5.94. The molecule has 1 fully saturated rings. The lowest BCUT2D eigenvalue weighted by molar-refractivity contribution is -0.120. The Morgan fingerprint density at radius 1 is 1.55 bits per heavy atom. The fourth-order valence-electron chi connectivity index (χ4n) is 2.98. The van der Waals surface area contributed by atoms with Gasteiger partial charge in [-0.25, -0.2) is 4.39 Å². The Bertz CT molecular complexity index is 539. The molecule has 22 heavy (non-hydrogen) atoms. The van der Waals surface area contributed by atoms with Gasteiger partial charge in [-0.1, -0.05) is 35.8 Å². The van der Waals surface area contributed by atoms with Crippen molar-refractivity contribution in [3.05, 3.63) is 34.1 Å². The molecule has 2 rings (SSSR count). The summed E-state index contributed by atoms with van der Waals surface area (Å²) >= 11 is 3.21. The second-order valence-electron chi connectivity index (χ2n) is 6.04. The van der Waals surface area contributed by atoms with Gasteiger partial charge in [0.2, 0.25) is 5.91 Å². The number of carbonyl (C=O) groups is 1. The molecule has 3 N–H and O–H groups in total. The minimum absolute atomic E-state index is 0.163. The predicted molar refractivity (Wildman–Crippen MR) is 86.7 cm³/mol. The van der Waals surface area contributed by atoms with E-state index in [-0.39, 0.29) is 11.7 Å². The molecular weight excluding hydrogens is 351 g/mol. The largest absolute Gasteiger partial charge is 0.378 e. The highest BCUT2D eigenvalue weighted by Crippen LogP contribution is 2.27. The summed E-state index contributed by atoms with van der Waals surface area (Å²) in [5.41, 5.74) is 5.72. The number of ether oxygens (including phenoxy) is 1. The maximum absolute atomic E-state index is 14.1. The molecule has 1 aliphatic rings. The highest BCUT2D eigenvalue weighted by Gasteiger charge is 2.32. The van der Waals surface area contributed by atoms with E-state index in [9.17, 15) is 9.18 Å². The molecule has 3 atom stereocenters. The quantitative estimate of drug-likeness (QED) is 0.806. The Balaban J connectivity index is 2.08. The number of primary amides is 1. The number of nitrogens with one attached hydrogen (secondary N) is 1.